The van der Waals surface area contributed by atoms with Gasteiger partial charge in [0.05, 0.1) is 7.11 Å². The molecule has 0 unspecified atom stereocenters. The molecule has 0 N–H and O–H groups in total. The fraction of sp³-hybridized carbons (Fsp3) is 0.950. The van der Waals surface area contributed by atoms with Gasteiger partial charge in [0.15, 0.2) is 0 Å². The van der Waals surface area contributed by atoms with Crippen molar-refractivity contribution in [2.75, 3.05) is 7.11 Å². The van der Waals surface area contributed by atoms with Gasteiger partial charge in [-0.05, 0) is 55.5 Å². The summed E-state index contributed by atoms with van der Waals surface area (Å²) in [5.74, 6) is -0.745. The minimum Gasteiger partial charge on any atom is -0.478 e. The summed E-state index contributed by atoms with van der Waals surface area (Å²) in [4.78, 5) is 9.37. The summed E-state index contributed by atoms with van der Waals surface area (Å²) < 4.78 is 3.89. The zero-order chi connectivity index (χ0) is 17.2. The van der Waals surface area contributed by atoms with Crippen LogP contribution in [-0.4, -0.2) is 37.8 Å². The van der Waals surface area contributed by atoms with Crippen LogP contribution < -0.4 is 0 Å². The number of ether oxygens (including phenoxy) is 1. The Kier molecular flexibility index (Phi) is 9.76. The lowest BCUT2D eigenvalue weighted by Crippen LogP contribution is -2.28. The Bertz CT molecular complexity index is 303. The summed E-state index contributed by atoms with van der Waals surface area (Å²) in [6, 6.07) is 0. The van der Waals surface area contributed by atoms with Crippen LogP contribution in [-0.2, 0) is 4.74 Å². The second-order valence-corrected chi connectivity index (χ2v) is 10.9. The van der Waals surface area contributed by atoms with Crippen LogP contribution in [0.2, 0.25) is 0 Å². The maximum atomic E-state index is 9.37. The van der Waals surface area contributed by atoms with Crippen LogP contribution in [0, 0.1) is 0 Å². The Morgan fingerprint density at radius 2 is 0.958 bits per heavy atom. The maximum absolute atomic E-state index is 9.37. The van der Waals surface area contributed by atoms with Crippen LogP contribution in [0.15, 0.2) is 0 Å². The molecule has 0 aromatic rings. The van der Waals surface area contributed by atoms with Crippen LogP contribution in [0.4, 0.5) is 4.79 Å². The summed E-state index contributed by atoms with van der Waals surface area (Å²) in [7, 11) is 6.04. The first-order chi connectivity index (χ1) is 11.7. The lowest BCUT2D eigenvalue weighted by Gasteiger charge is -2.44. The van der Waals surface area contributed by atoms with E-state index < -0.39 is 5.87 Å². The van der Waals surface area contributed by atoms with E-state index in [-0.39, 0.29) is 0 Å². The first-order valence-corrected chi connectivity index (χ1v) is 11.9. The highest BCUT2D eigenvalue weighted by atomic mass is 31.1. The molecule has 2 radical (unpaired) electrons. The number of carbonyl (C=O) groups excluding carboxylic acids is 1. The summed E-state index contributed by atoms with van der Waals surface area (Å²) in [6.07, 6.45) is 23.6. The van der Waals surface area contributed by atoms with Crippen molar-refractivity contribution in [1.82, 2.24) is 0 Å². The van der Waals surface area contributed by atoms with E-state index in [2.05, 4.69) is 12.6 Å². The van der Waals surface area contributed by atoms with Gasteiger partial charge in [0.1, 0.15) is 0 Å². The summed E-state index contributed by atoms with van der Waals surface area (Å²) in [5.41, 5.74) is 3.57. The Labute approximate surface area is 152 Å². The molecule has 3 aliphatic rings. The molecule has 0 spiro atoms. The molecule has 24 heavy (non-hydrogen) atoms. The largest absolute Gasteiger partial charge is 0.478 e. The summed E-state index contributed by atoms with van der Waals surface area (Å²) in [6.45, 7) is 0. The zero-order valence-corrected chi connectivity index (χ0v) is 16.6. The Morgan fingerprint density at radius 3 is 1.17 bits per heavy atom. The van der Waals surface area contributed by atoms with Crippen LogP contribution in [0.3, 0.4) is 0 Å². The van der Waals surface area contributed by atoms with Gasteiger partial charge in [-0.25, -0.2) is 0 Å². The Hall–Kier alpha value is -0.0351. The van der Waals surface area contributed by atoms with E-state index in [0.29, 0.717) is 7.92 Å². The molecular weight excluding hydrogens is 314 g/mol. The molecule has 0 amide bonds. The lowest BCUT2D eigenvalue weighted by molar-refractivity contribution is 0.198. The van der Waals surface area contributed by atoms with Gasteiger partial charge in [0, 0.05) is 0 Å². The number of carbonyl (C=O) groups is 1. The van der Waals surface area contributed by atoms with E-state index >= 15 is 0 Å². The Balaban J connectivity index is 0.000000368. The van der Waals surface area contributed by atoms with Crippen molar-refractivity contribution in [2.24, 2.45) is 0 Å². The summed E-state index contributed by atoms with van der Waals surface area (Å²) >= 11 is 0. The SMILES string of the molecule is C1CCC(P(C2CCCCC2)C2CCCCC2)CC1.[B]C(=O)OC. The Morgan fingerprint density at radius 1 is 0.708 bits per heavy atom. The van der Waals surface area contributed by atoms with Crippen molar-refractivity contribution in [3.63, 3.8) is 0 Å². The average Bonchev–Trinajstić information content (AvgIpc) is 2.65. The molecule has 0 aliphatic heterocycles. The predicted molar refractivity (Wildman–Crippen MR) is 106 cm³/mol. The lowest BCUT2D eigenvalue weighted by atomic mass is 9.99. The van der Waals surface area contributed by atoms with Crippen molar-refractivity contribution in [3.8, 4) is 0 Å². The normalized spacial score (nSPS) is 24.2. The third-order valence-corrected chi connectivity index (χ3v) is 10.3. The van der Waals surface area contributed by atoms with Crippen LogP contribution >= 0.6 is 7.92 Å². The van der Waals surface area contributed by atoms with Gasteiger partial charge in [-0.2, -0.15) is 0 Å². The first kappa shape index (κ1) is 20.3. The van der Waals surface area contributed by atoms with Crippen molar-refractivity contribution >= 4 is 21.6 Å². The van der Waals surface area contributed by atoms with Gasteiger partial charge >= 0.3 is 0 Å². The molecule has 0 bridgehead atoms. The highest BCUT2D eigenvalue weighted by molar-refractivity contribution is 7.60. The quantitative estimate of drug-likeness (QED) is 0.436. The molecular formula is C20H36BO2P. The minimum atomic E-state index is -0.745. The van der Waals surface area contributed by atoms with Crippen LogP contribution in [0.5, 0.6) is 0 Å². The fourth-order valence-corrected chi connectivity index (χ4v) is 9.71. The zero-order valence-electron chi connectivity index (χ0n) is 15.7. The van der Waals surface area contributed by atoms with Crippen LogP contribution in [0.1, 0.15) is 96.3 Å². The number of hydrogen-bond donors (Lipinski definition) is 0. The molecule has 0 aromatic heterocycles. The summed E-state index contributed by atoms with van der Waals surface area (Å²) in [5, 5.41) is 0. The highest BCUT2D eigenvalue weighted by Crippen LogP contribution is 2.61. The monoisotopic (exact) mass is 350 g/mol. The maximum Gasteiger partial charge on any atom is 0.235 e. The highest BCUT2D eigenvalue weighted by Gasteiger charge is 2.36. The average molecular weight is 350 g/mol. The molecule has 0 saturated heterocycles. The molecule has 0 atom stereocenters. The molecule has 2 nitrogen and oxygen atoms in total. The van der Waals surface area contributed by atoms with Crippen molar-refractivity contribution in [1.29, 1.82) is 0 Å². The van der Waals surface area contributed by atoms with Gasteiger partial charge in [-0.15, -0.1) is 0 Å². The van der Waals surface area contributed by atoms with Crippen LogP contribution in [0.25, 0.3) is 0 Å². The molecule has 4 heteroatoms. The molecule has 3 saturated carbocycles. The second-order valence-electron chi connectivity index (χ2n) is 7.85. The van der Waals surface area contributed by atoms with Gasteiger partial charge < -0.3 is 4.74 Å². The van der Waals surface area contributed by atoms with Gasteiger partial charge in [0.2, 0.25) is 13.7 Å². The van der Waals surface area contributed by atoms with Gasteiger partial charge in [0.25, 0.3) is 0 Å². The van der Waals surface area contributed by atoms with E-state index in [4.69, 9.17) is 0 Å². The van der Waals surface area contributed by atoms with Crippen molar-refractivity contribution < 1.29 is 9.53 Å². The first-order valence-electron chi connectivity index (χ1n) is 10.3. The van der Waals surface area contributed by atoms with Crippen molar-refractivity contribution in [3.05, 3.63) is 0 Å². The number of methoxy groups -OCH3 is 1. The third kappa shape index (κ3) is 6.70. The topological polar surface area (TPSA) is 26.3 Å². The van der Waals surface area contributed by atoms with Crippen molar-refractivity contribution in [2.45, 2.75) is 113 Å². The van der Waals surface area contributed by atoms with Gasteiger partial charge in [-0.3, -0.25) is 4.79 Å². The predicted octanol–water partition coefficient (Wildman–Crippen LogP) is 6.39. The molecule has 0 aromatic carbocycles. The van der Waals surface area contributed by atoms with E-state index in [1.807, 2.05) is 0 Å². The second kappa shape index (κ2) is 11.6. The number of hydrogen-bond acceptors (Lipinski definition) is 2. The molecule has 136 valence electrons. The standard InChI is InChI=1S/C18H33P.C2H3BO2/c1-4-10-16(11-5-1)19(17-12-6-2-7-13-17)18-14-8-3-9-15-18;1-5-2(3)4/h16-18H,1-15H2;1H3. The van der Waals surface area contributed by atoms with Gasteiger partial charge in [-0.1, -0.05) is 65.7 Å². The van der Waals surface area contributed by atoms with E-state index in [0.717, 1.165) is 0 Å². The number of rotatable bonds is 3. The fourth-order valence-electron chi connectivity index (χ4n) is 5.03. The van der Waals surface area contributed by atoms with E-state index in [9.17, 15) is 4.79 Å². The molecule has 3 rings (SSSR count). The molecule has 3 aliphatic carbocycles. The third-order valence-electron chi connectivity index (χ3n) is 6.19. The molecule has 0 heterocycles. The van der Waals surface area contributed by atoms with E-state index in [1.54, 1.807) is 77.0 Å². The smallest absolute Gasteiger partial charge is 0.235 e. The minimum absolute atomic E-state index is 0.385. The van der Waals surface area contributed by atoms with E-state index in [1.165, 1.54) is 43.3 Å². The molecule has 3 fully saturated rings.